The topological polar surface area (TPSA) is 83.9 Å². The third-order valence-corrected chi connectivity index (χ3v) is 4.05. The Balaban J connectivity index is 0.00000225. The van der Waals surface area contributed by atoms with E-state index in [4.69, 9.17) is 10.2 Å². The molecule has 0 saturated heterocycles. The number of benzene rings is 1. The molecule has 1 aromatic heterocycles. The number of primary amides is 1. The highest BCUT2D eigenvalue weighted by Crippen LogP contribution is 2.18. The van der Waals surface area contributed by atoms with Gasteiger partial charge in [-0.15, -0.1) is 24.0 Å². The van der Waals surface area contributed by atoms with Gasteiger partial charge in [0.1, 0.15) is 12.3 Å². The van der Waals surface area contributed by atoms with Gasteiger partial charge in [-0.3, -0.25) is 4.79 Å². The molecule has 0 atom stereocenters. The molecule has 7 heteroatoms. The SMILES string of the molecule is CCNC(=NCc1ccc(C(N)=O)o1)N1CCc2ccccc2C1.I. The van der Waals surface area contributed by atoms with Gasteiger partial charge >= 0.3 is 0 Å². The Kier molecular flexibility index (Phi) is 6.86. The zero-order valence-electron chi connectivity index (χ0n) is 14.2. The smallest absolute Gasteiger partial charge is 0.284 e. The molecule has 1 aromatic carbocycles. The number of nitrogens with two attached hydrogens (primary N) is 1. The summed E-state index contributed by atoms with van der Waals surface area (Å²) in [6.45, 7) is 4.97. The number of guanidine groups is 1. The van der Waals surface area contributed by atoms with Crippen molar-refractivity contribution in [1.29, 1.82) is 0 Å². The van der Waals surface area contributed by atoms with Gasteiger partial charge in [0.25, 0.3) is 5.91 Å². The van der Waals surface area contributed by atoms with E-state index in [1.165, 1.54) is 11.1 Å². The molecule has 3 rings (SSSR count). The summed E-state index contributed by atoms with van der Waals surface area (Å²) in [5.74, 6) is 1.07. The van der Waals surface area contributed by atoms with E-state index >= 15 is 0 Å². The molecule has 0 fully saturated rings. The maximum Gasteiger partial charge on any atom is 0.284 e. The second kappa shape index (κ2) is 8.89. The standard InChI is InChI=1S/C18H22N4O2.HI/c1-2-20-18(21-11-15-7-8-16(24-15)17(19)23)22-10-9-13-5-3-4-6-14(13)12-22;/h3-8H,2,9-12H2,1H3,(H2,19,23)(H,20,21);1H. The van der Waals surface area contributed by atoms with Gasteiger partial charge in [-0.2, -0.15) is 0 Å². The monoisotopic (exact) mass is 454 g/mol. The summed E-state index contributed by atoms with van der Waals surface area (Å²) in [6, 6.07) is 11.8. The van der Waals surface area contributed by atoms with Crippen LogP contribution in [-0.4, -0.2) is 29.9 Å². The van der Waals surface area contributed by atoms with Crippen LogP contribution >= 0.6 is 24.0 Å². The molecule has 0 unspecified atom stereocenters. The van der Waals surface area contributed by atoms with Crippen molar-refractivity contribution in [2.45, 2.75) is 26.4 Å². The summed E-state index contributed by atoms with van der Waals surface area (Å²) in [5.41, 5.74) is 7.94. The number of furan rings is 1. The highest BCUT2D eigenvalue weighted by Gasteiger charge is 2.18. The first kappa shape index (κ1) is 19.3. The third-order valence-electron chi connectivity index (χ3n) is 4.05. The molecule has 1 amide bonds. The minimum atomic E-state index is -0.565. The zero-order valence-corrected chi connectivity index (χ0v) is 16.5. The molecular weight excluding hydrogens is 431 g/mol. The summed E-state index contributed by atoms with van der Waals surface area (Å²) < 4.78 is 5.39. The summed E-state index contributed by atoms with van der Waals surface area (Å²) in [4.78, 5) is 18.0. The van der Waals surface area contributed by atoms with E-state index in [2.05, 4.69) is 39.5 Å². The van der Waals surface area contributed by atoms with Crippen LogP contribution in [0.3, 0.4) is 0 Å². The van der Waals surface area contributed by atoms with Crippen molar-refractivity contribution in [2.75, 3.05) is 13.1 Å². The van der Waals surface area contributed by atoms with Crippen LogP contribution in [0.25, 0.3) is 0 Å². The second-order valence-electron chi connectivity index (χ2n) is 5.74. The molecule has 0 radical (unpaired) electrons. The fourth-order valence-corrected chi connectivity index (χ4v) is 2.85. The molecule has 2 aromatic rings. The highest BCUT2D eigenvalue weighted by atomic mass is 127. The van der Waals surface area contributed by atoms with Crippen LogP contribution in [0.5, 0.6) is 0 Å². The molecule has 0 spiro atoms. The van der Waals surface area contributed by atoms with E-state index in [1.807, 2.05) is 6.92 Å². The first-order valence-electron chi connectivity index (χ1n) is 8.16. The Bertz CT molecular complexity index is 757. The minimum Gasteiger partial charge on any atom is -0.454 e. The molecule has 3 N–H and O–H groups in total. The third kappa shape index (κ3) is 4.75. The Hall–Kier alpha value is -2.03. The van der Waals surface area contributed by atoms with Crippen LogP contribution in [-0.2, 0) is 19.5 Å². The summed E-state index contributed by atoms with van der Waals surface area (Å²) >= 11 is 0. The number of carbonyl (C=O) groups excluding carboxylic acids is 1. The van der Waals surface area contributed by atoms with E-state index in [0.29, 0.717) is 12.3 Å². The Labute approximate surface area is 164 Å². The van der Waals surface area contributed by atoms with E-state index in [1.54, 1.807) is 12.1 Å². The minimum absolute atomic E-state index is 0. The Morgan fingerprint density at radius 1 is 1.28 bits per heavy atom. The van der Waals surface area contributed by atoms with Crippen LogP contribution in [0, 0.1) is 0 Å². The van der Waals surface area contributed by atoms with Crippen LogP contribution < -0.4 is 11.1 Å². The van der Waals surface area contributed by atoms with Crippen molar-refractivity contribution in [3.63, 3.8) is 0 Å². The maximum absolute atomic E-state index is 11.1. The number of halogens is 1. The molecule has 0 aliphatic carbocycles. The number of fused-ring (bicyclic) bond motifs is 1. The first-order chi connectivity index (χ1) is 11.7. The molecule has 1 aliphatic heterocycles. The van der Waals surface area contributed by atoms with E-state index in [9.17, 15) is 4.79 Å². The number of nitrogens with one attached hydrogen (secondary N) is 1. The van der Waals surface area contributed by atoms with Crippen molar-refractivity contribution in [3.05, 3.63) is 59.0 Å². The van der Waals surface area contributed by atoms with Crippen LogP contribution in [0.4, 0.5) is 0 Å². The second-order valence-corrected chi connectivity index (χ2v) is 5.74. The predicted octanol–water partition coefficient (Wildman–Crippen LogP) is 2.52. The van der Waals surface area contributed by atoms with Gasteiger partial charge in [0, 0.05) is 19.6 Å². The van der Waals surface area contributed by atoms with E-state index in [0.717, 1.165) is 32.0 Å². The lowest BCUT2D eigenvalue weighted by atomic mass is 10.0. The van der Waals surface area contributed by atoms with Crippen molar-refractivity contribution in [2.24, 2.45) is 10.7 Å². The highest BCUT2D eigenvalue weighted by molar-refractivity contribution is 14.0. The fraction of sp³-hybridized carbons (Fsp3) is 0.333. The van der Waals surface area contributed by atoms with Gasteiger partial charge in [-0.25, -0.2) is 4.99 Å². The van der Waals surface area contributed by atoms with Crippen LogP contribution in [0.1, 0.15) is 34.4 Å². The van der Waals surface area contributed by atoms with Gasteiger partial charge in [0.15, 0.2) is 11.7 Å². The van der Waals surface area contributed by atoms with Crippen molar-refractivity contribution < 1.29 is 9.21 Å². The zero-order chi connectivity index (χ0) is 16.9. The average Bonchev–Trinajstić information content (AvgIpc) is 3.07. The van der Waals surface area contributed by atoms with Crippen LogP contribution in [0.2, 0.25) is 0 Å². The number of rotatable bonds is 4. The van der Waals surface area contributed by atoms with Crippen LogP contribution in [0.15, 0.2) is 45.8 Å². The lowest BCUT2D eigenvalue weighted by molar-refractivity contribution is 0.0972. The van der Waals surface area contributed by atoms with Crippen molar-refractivity contribution in [3.8, 4) is 0 Å². The number of hydrogen-bond donors (Lipinski definition) is 2. The molecule has 0 bridgehead atoms. The predicted molar refractivity (Wildman–Crippen MR) is 108 cm³/mol. The van der Waals surface area contributed by atoms with Crippen molar-refractivity contribution in [1.82, 2.24) is 10.2 Å². The number of hydrogen-bond acceptors (Lipinski definition) is 3. The fourth-order valence-electron chi connectivity index (χ4n) is 2.85. The van der Waals surface area contributed by atoms with Gasteiger partial charge < -0.3 is 20.4 Å². The van der Waals surface area contributed by atoms with E-state index < -0.39 is 5.91 Å². The first-order valence-corrected chi connectivity index (χ1v) is 8.16. The average molecular weight is 454 g/mol. The molecule has 2 heterocycles. The normalized spacial score (nSPS) is 13.8. The molecular formula is C18H23IN4O2. The number of aliphatic imine (C=N–C) groups is 1. The van der Waals surface area contributed by atoms with Gasteiger partial charge in [0.2, 0.25) is 0 Å². The maximum atomic E-state index is 11.1. The number of nitrogens with zero attached hydrogens (tertiary/aromatic N) is 2. The quantitative estimate of drug-likeness (QED) is 0.423. The molecule has 6 nitrogen and oxygen atoms in total. The molecule has 0 saturated carbocycles. The summed E-state index contributed by atoms with van der Waals surface area (Å²) in [7, 11) is 0. The van der Waals surface area contributed by atoms with Crippen molar-refractivity contribution >= 4 is 35.8 Å². The molecule has 1 aliphatic rings. The largest absolute Gasteiger partial charge is 0.454 e. The lowest BCUT2D eigenvalue weighted by Crippen LogP contribution is -2.44. The number of amides is 1. The molecule has 134 valence electrons. The summed E-state index contributed by atoms with van der Waals surface area (Å²) in [6.07, 6.45) is 1.01. The Morgan fingerprint density at radius 2 is 2.04 bits per heavy atom. The van der Waals surface area contributed by atoms with Gasteiger partial charge in [-0.1, -0.05) is 24.3 Å². The molecule has 25 heavy (non-hydrogen) atoms. The van der Waals surface area contributed by atoms with E-state index in [-0.39, 0.29) is 29.7 Å². The number of carbonyl (C=O) groups is 1. The Morgan fingerprint density at radius 3 is 2.72 bits per heavy atom. The lowest BCUT2D eigenvalue weighted by Gasteiger charge is -2.31. The van der Waals surface area contributed by atoms with Gasteiger partial charge in [0.05, 0.1) is 0 Å². The van der Waals surface area contributed by atoms with Gasteiger partial charge in [-0.05, 0) is 36.6 Å². The summed E-state index contributed by atoms with van der Waals surface area (Å²) in [5, 5.41) is 3.33.